The normalized spacial score (nSPS) is 13.5. The molecule has 6 heteroatoms. The highest BCUT2D eigenvalue weighted by atomic mass is 35.5. The number of halogens is 4. The summed E-state index contributed by atoms with van der Waals surface area (Å²) in [6.45, 7) is 1.68. The maximum Gasteiger partial charge on any atom is 0.416 e. The monoisotopic (exact) mass is 319 g/mol. The molecule has 1 nitrogen and oxygen atoms in total. The molecule has 0 fully saturated rings. The van der Waals surface area contributed by atoms with Gasteiger partial charge in [0.1, 0.15) is 0 Å². The molecular formula is C14H13ClF3NS. The first-order valence-electron chi connectivity index (χ1n) is 5.93. The molecule has 0 amide bonds. The van der Waals surface area contributed by atoms with E-state index in [0.29, 0.717) is 9.90 Å². The number of benzene rings is 1. The highest BCUT2D eigenvalue weighted by Gasteiger charge is 2.31. The molecule has 2 rings (SSSR count). The summed E-state index contributed by atoms with van der Waals surface area (Å²) in [6.07, 6.45) is -4.31. The number of hydrogen-bond donors (Lipinski definition) is 1. The van der Waals surface area contributed by atoms with Crippen molar-refractivity contribution >= 4 is 22.9 Å². The second kappa shape index (κ2) is 5.76. The second-order valence-corrected chi connectivity index (χ2v) is 6.18. The van der Waals surface area contributed by atoms with Gasteiger partial charge < -0.3 is 5.32 Å². The minimum atomic E-state index is -4.31. The quantitative estimate of drug-likeness (QED) is 0.836. The van der Waals surface area contributed by atoms with Crippen molar-refractivity contribution in [1.82, 2.24) is 5.32 Å². The summed E-state index contributed by atoms with van der Waals surface area (Å²) in [6, 6.07) is 7.31. The lowest BCUT2D eigenvalue weighted by Gasteiger charge is -2.19. The lowest BCUT2D eigenvalue weighted by atomic mass is 9.97. The van der Waals surface area contributed by atoms with Gasteiger partial charge in [-0.1, -0.05) is 17.7 Å². The van der Waals surface area contributed by atoms with Crippen molar-refractivity contribution in [2.45, 2.75) is 19.1 Å². The van der Waals surface area contributed by atoms with E-state index in [1.54, 1.807) is 20.0 Å². The first-order chi connectivity index (χ1) is 9.32. The highest BCUT2D eigenvalue weighted by Crippen LogP contribution is 2.35. The van der Waals surface area contributed by atoms with Crippen LogP contribution in [0.3, 0.4) is 0 Å². The number of rotatable bonds is 3. The lowest BCUT2D eigenvalue weighted by molar-refractivity contribution is -0.137. The standard InChI is InChI=1S/C14H13ClF3NS/c1-8-7-9(14(16,17)18)3-4-10(8)13(19-2)11-5-6-12(15)20-11/h3-7,13,19H,1-2H3. The molecule has 2 aromatic rings. The molecule has 0 saturated carbocycles. The van der Waals surface area contributed by atoms with Gasteiger partial charge in [0.05, 0.1) is 15.9 Å². The van der Waals surface area contributed by atoms with Gasteiger partial charge in [-0.15, -0.1) is 11.3 Å². The van der Waals surface area contributed by atoms with E-state index < -0.39 is 11.7 Å². The molecule has 0 spiro atoms. The van der Waals surface area contributed by atoms with Gasteiger partial charge in [-0.2, -0.15) is 13.2 Å². The minimum absolute atomic E-state index is 0.158. The predicted octanol–water partition coefficient (Wildman–Crippen LogP) is 5.04. The van der Waals surface area contributed by atoms with Crippen LogP contribution in [0.5, 0.6) is 0 Å². The van der Waals surface area contributed by atoms with Crippen LogP contribution in [0.1, 0.15) is 27.6 Å². The average molecular weight is 320 g/mol. The van der Waals surface area contributed by atoms with Gasteiger partial charge >= 0.3 is 6.18 Å². The summed E-state index contributed by atoms with van der Waals surface area (Å²) >= 11 is 7.33. The van der Waals surface area contributed by atoms with Crippen molar-refractivity contribution in [3.05, 3.63) is 56.2 Å². The number of hydrogen-bond acceptors (Lipinski definition) is 2. The van der Waals surface area contributed by atoms with Gasteiger partial charge in [-0.25, -0.2) is 0 Å². The van der Waals surface area contributed by atoms with Crippen LogP contribution in [0.25, 0.3) is 0 Å². The van der Waals surface area contributed by atoms with Crippen molar-refractivity contribution in [1.29, 1.82) is 0 Å². The van der Waals surface area contributed by atoms with Gasteiger partial charge in [-0.3, -0.25) is 0 Å². The van der Waals surface area contributed by atoms with Gasteiger partial charge in [0, 0.05) is 4.88 Å². The van der Waals surface area contributed by atoms with Gasteiger partial charge in [0.2, 0.25) is 0 Å². The van der Waals surface area contributed by atoms with Gasteiger partial charge in [0.25, 0.3) is 0 Å². The molecule has 0 bridgehead atoms. The van der Waals surface area contributed by atoms with E-state index in [1.165, 1.54) is 23.5 Å². The van der Waals surface area contributed by atoms with E-state index in [-0.39, 0.29) is 6.04 Å². The highest BCUT2D eigenvalue weighted by molar-refractivity contribution is 7.16. The van der Waals surface area contributed by atoms with Crippen LogP contribution < -0.4 is 5.32 Å². The predicted molar refractivity (Wildman–Crippen MR) is 76.4 cm³/mol. The maximum atomic E-state index is 12.7. The molecule has 0 aliphatic rings. The molecule has 1 unspecified atom stereocenters. The third-order valence-corrected chi connectivity index (χ3v) is 4.37. The van der Waals surface area contributed by atoms with Crippen LogP contribution in [0.4, 0.5) is 13.2 Å². The molecule has 1 N–H and O–H groups in total. The summed E-state index contributed by atoms with van der Waals surface area (Å²) in [7, 11) is 1.77. The van der Waals surface area contributed by atoms with E-state index in [0.717, 1.165) is 16.5 Å². The molecular weight excluding hydrogens is 307 g/mol. The fraction of sp³-hybridized carbons (Fsp3) is 0.286. The molecule has 0 radical (unpaired) electrons. The summed E-state index contributed by atoms with van der Waals surface area (Å²) in [5, 5.41) is 3.12. The van der Waals surface area contributed by atoms with Crippen molar-refractivity contribution < 1.29 is 13.2 Å². The molecule has 0 saturated heterocycles. The summed E-state index contributed by atoms with van der Waals surface area (Å²) in [5.74, 6) is 0. The van der Waals surface area contributed by atoms with Crippen LogP contribution in [0.15, 0.2) is 30.3 Å². The molecule has 0 aliphatic heterocycles. The van der Waals surface area contributed by atoms with Crippen LogP contribution in [0, 0.1) is 6.92 Å². The van der Waals surface area contributed by atoms with E-state index in [4.69, 9.17) is 11.6 Å². The fourth-order valence-electron chi connectivity index (χ4n) is 2.11. The molecule has 20 heavy (non-hydrogen) atoms. The zero-order chi connectivity index (χ0) is 14.9. The Bertz CT molecular complexity index is 607. The maximum absolute atomic E-state index is 12.7. The number of aryl methyl sites for hydroxylation is 1. The molecule has 0 aliphatic carbocycles. The Morgan fingerprint density at radius 3 is 2.35 bits per heavy atom. The molecule has 108 valence electrons. The van der Waals surface area contributed by atoms with Gasteiger partial charge in [-0.05, 0) is 49.4 Å². The number of alkyl halides is 3. The second-order valence-electron chi connectivity index (χ2n) is 4.43. The van der Waals surface area contributed by atoms with Crippen LogP contribution in [-0.4, -0.2) is 7.05 Å². The molecule has 1 aromatic heterocycles. The number of thiophene rings is 1. The topological polar surface area (TPSA) is 12.0 Å². The Hall–Kier alpha value is -1.04. The van der Waals surface area contributed by atoms with Crippen molar-refractivity contribution in [3.63, 3.8) is 0 Å². The Balaban J connectivity index is 2.41. The minimum Gasteiger partial charge on any atom is -0.309 e. The van der Waals surface area contributed by atoms with E-state index in [2.05, 4.69) is 5.32 Å². The van der Waals surface area contributed by atoms with Crippen LogP contribution in [0.2, 0.25) is 4.34 Å². The van der Waals surface area contributed by atoms with Crippen molar-refractivity contribution in [3.8, 4) is 0 Å². The first-order valence-corrected chi connectivity index (χ1v) is 7.12. The Morgan fingerprint density at radius 1 is 1.20 bits per heavy atom. The average Bonchev–Trinajstić information content (AvgIpc) is 2.77. The SMILES string of the molecule is CNC(c1ccc(Cl)s1)c1ccc(C(F)(F)F)cc1C. The molecule has 1 atom stereocenters. The Labute approximate surface area is 124 Å². The van der Waals surface area contributed by atoms with Crippen LogP contribution >= 0.6 is 22.9 Å². The molecule has 1 aromatic carbocycles. The Kier molecular flexibility index (Phi) is 4.42. The summed E-state index contributed by atoms with van der Waals surface area (Å²) < 4.78 is 38.7. The lowest BCUT2D eigenvalue weighted by Crippen LogP contribution is -2.18. The Morgan fingerprint density at radius 2 is 1.90 bits per heavy atom. The molecule has 1 heterocycles. The summed E-state index contributed by atoms with van der Waals surface area (Å²) in [5.41, 5.74) is 0.792. The smallest absolute Gasteiger partial charge is 0.309 e. The third kappa shape index (κ3) is 3.16. The largest absolute Gasteiger partial charge is 0.416 e. The zero-order valence-corrected chi connectivity index (χ0v) is 12.5. The third-order valence-electron chi connectivity index (χ3n) is 3.08. The van der Waals surface area contributed by atoms with Crippen molar-refractivity contribution in [2.24, 2.45) is 0 Å². The van der Waals surface area contributed by atoms with E-state index in [9.17, 15) is 13.2 Å². The van der Waals surface area contributed by atoms with Crippen molar-refractivity contribution in [2.75, 3.05) is 7.05 Å². The number of nitrogens with one attached hydrogen (secondary N) is 1. The van der Waals surface area contributed by atoms with E-state index in [1.807, 2.05) is 6.07 Å². The van der Waals surface area contributed by atoms with Crippen LogP contribution in [-0.2, 0) is 6.18 Å². The zero-order valence-electron chi connectivity index (χ0n) is 10.9. The summed E-state index contributed by atoms with van der Waals surface area (Å²) in [4.78, 5) is 0.973. The van der Waals surface area contributed by atoms with Gasteiger partial charge in [0.15, 0.2) is 0 Å². The first kappa shape index (κ1) is 15.4. The van der Waals surface area contributed by atoms with E-state index >= 15 is 0 Å². The fourth-order valence-corrected chi connectivity index (χ4v) is 3.30.